The smallest absolute Gasteiger partial charge is 0.341 e. The number of carbonyl (C=O) groups is 1. The maximum absolute atomic E-state index is 14.1. The van der Waals surface area contributed by atoms with Crippen molar-refractivity contribution in [2.24, 2.45) is 5.92 Å². The van der Waals surface area contributed by atoms with Crippen LogP contribution in [0.2, 0.25) is 0 Å². The van der Waals surface area contributed by atoms with E-state index < -0.39 is 12.1 Å². The Kier molecular flexibility index (Phi) is 9.19. The number of aryl methyl sites for hydroxylation is 1. The van der Waals surface area contributed by atoms with Crippen molar-refractivity contribution in [3.8, 4) is 11.4 Å². The van der Waals surface area contributed by atoms with E-state index in [0.29, 0.717) is 12.3 Å². The predicted molar refractivity (Wildman–Crippen MR) is 126 cm³/mol. The highest BCUT2D eigenvalue weighted by atomic mass is 19.1. The number of nitrogens with zero attached hydrogens (tertiary/aromatic N) is 2. The van der Waals surface area contributed by atoms with Crippen LogP contribution >= 0.6 is 0 Å². The second-order valence-corrected chi connectivity index (χ2v) is 9.19. The Morgan fingerprint density at radius 1 is 1.06 bits per heavy atom. The van der Waals surface area contributed by atoms with Crippen molar-refractivity contribution >= 4 is 5.97 Å². The molecule has 5 heteroatoms. The number of esters is 1. The van der Waals surface area contributed by atoms with Gasteiger partial charge >= 0.3 is 5.97 Å². The van der Waals surface area contributed by atoms with Crippen LogP contribution in [0.3, 0.4) is 0 Å². The fourth-order valence-corrected chi connectivity index (χ4v) is 4.30. The van der Waals surface area contributed by atoms with Crippen molar-refractivity contribution in [3.05, 3.63) is 47.8 Å². The molecule has 1 saturated carbocycles. The molecule has 0 N–H and O–H groups in total. The number of alkyl halides is 1. The van der Waals surface area contributed by atoms with Gasteiger partial charge in [-0.3, -0.25) is 0 Å². The van der Waals surface area contributed by atoms with Gasteiger partial charge in [0.15, 0.2) is 12.0 Å². The van der Waals surface area contributed by atoms with Crippen LogP contribution in [0, 0.1) is 5.92 Å². The number of aromatic nitrogens is 2. The number of carbonyl (C=O) groups excluding carboxylic acids is 1. The molecule has 1 fully saturated rings. The molecule has 1 aromatic carbocycles. The van der Waals surface area contributed by atoms with E-state index >= 15 is 0 Å². The van der Waals surface area contributed by atoms with Crippen LogP contribution in [0.5, 0.6) is 0 Å². The van der Waals surface area contributed by atoms with E-state index in [9.17, 15) is 9.18 Å². The number of benzene rings is 1. The Bertz CT molecular complexity index is 830. The summed E-state index contributed by atoms with van der Waals surface area (Å²) in [5.74, 6) is 0.215. The second-order valence-electron chi connectivity index (χ2n) is 9.19. The lowest BCUT2D eigenvalue weighted by atomic mass is 9.82. The van der Waals surface area contributed by atoms with Crippen LogP contribution in [-0.4, -0.2) is 28.2 Å². The van der Waals surface area contributed by atoms with E-state index in [0.717, 1.165) is 43.5 Å². The van der Waals surface area contributed by atoms with E-state index in [1.54, 1.807) is 6.92 Å². The van der Waals surface area contributed by atoms with Gasteiger partial charge in [0, 0.05) is 18.0 Å². The van der Waals surface area contributed by atoms with Gasteiger partial charge in [0.2, 0.25) is 0 Å². The molecule has 0 spiro atoms. The molecular formula is C27H37FN2O2. The first-order valence-electron chi connectivity index (χ1n) is 12.3. The Morgan fingerprint density at radius 3 is 2.31 bits per heavy atom. The number of hydrogen-bond acceptors (Lipinski definition) is 4. The van der Waals surface area contributed by atoms with Crippen LogP contribution in [0.15, 0.2) is 36.7 Å². The molecule has 0 radical (unpaired) electrons. The van der Waals surface area contributed by atoms with Gasteiger partial charge in [-0.05, 0) is 61.5 Å². The summed E-state index contributed by atoms with van der Waals surface area (Å²) in [6.07, 6.45) is 11.0. The lowest BCUT2D eigenvalue weighted by molar-refractivity contribution is -0.158. The number of ether oxygens (including phenoxy) is 1. The molecule has 0 bridgehead atoms. The summed E-state index contributed by atoms with van der Waals surface area (Å²) in [6.45, 7) is 5.84. The topological polar surface area (TPSA) is 52.1 Å². The summed E-state index contributed by atoms with van der Waals surface area (Å²) in [6, 6.07) is 8.50. The van der Waals surface area contributed by atoms with Gasteiger partial charge in [-0.25, -0.2) is 19.2 Å². The molecular weight excluding hydrogens is 403 g/mol. The van der Waals surface area contributed by atoms with Crippen LogP contribution < -0.4 is 0 Å². The molecule has 32 heavy (non-hydrogen) atoms. The molecule has 1 heterocycles. The third kappa shape index (κ3) is 6.60. The zero-order valence-corrected chi connectivity index (χ0v) is 19.7. The van der Waals surface area contributed by atoms with Crippen LogP contribution in [0.25, 0.3) is 11.4 Å². The number of halogens is 1. The molecule has 174 valence electrons. The molecule has 3 rings (SSSR count). The summed E-state index contributed by atoms with van der Waals surface area (Å²) in [7, 11) is 0. The van der Waals surface area contributed by atoms with Gasteiger partial charge in [-0.2, -0.15) is 0 Å². The van der Waals surface area contributed by atoms with Crippen LogP contribution in [0.4, 0.5) is 4.39 Å². The molecule has 1 aliphatic rings. The molecule has 1 aliphatic carbocycles. The first-order valence-corrected chi connectivity index (χ1v) is 12.3. The molecule has 2 aromatic rings. The monoisotopic (exact) mass is 440 g/mol. The summed E-state index contributed by atoms with van der Waals surface area (Å²) in [5.41, 5.74) is 3.51. The Labute approximate surface area is 192 Å². The van der Waals surface area contributed by atoms with Crippen LogP contribution in [-0.2, 0) is 16.0 Å². The number of hydrogen-bond donors (Lipinski definition) is 0. The molecule has 0 aliphatic heterocycles. The van der Waals surface area contributed by atoms with E-state index in [2.05, 4.69) is 41.2 Å². The van der Waals surface area contributed by atoms with Gasteiger partial charge in [-0.1, -0.05) is 64.3 Å². The highest BCUT2D eigenvalue weighted by Crippen LogP contribution is 2.35. The van der Waals surface area contributed by atoms with E-state index in [1.807, 2.05) is 19.3 Å². The third-order valence-corrected chi connectivity index (χ3v) is 6.74. The van der Waals surface area contributed by atoms with Crippen molar-refractivity contribution in [2.75, 3.05) is 0 Å². The highest BCUT2D eigenvalue weighted by Gasteiger charge is 2.30. The first-order chi connectivity index (χ1) is 15.5. The average Bonchev–Trinajstić information content (AvgIpc) is 2.84. The standard InChI is InChI=1S/C27H37FN2O2/c1-4-6-7-8-20-17-29-26(30-18-20)23-11-9-21(10-12-23)22-13-15-24(16-14-22)32-27(31)25(28)19(3)5-2/h9-12,17-19,22,24-25H,4-8,13-16H2,1-3H3/t19-,22?,24?,25-/m0/s1. The average molecular weight is 441 g/mol. The molecule has 2 atom stereocenters. The van der Waals surface area contributed by atoms with Gasteiger partial charge in [-0.15, -0.1) is 0 Å². The minimum Gasteiger partial charge on any atom is -0.460 e. The van der Waals surface area contributed by atoms with Crippen molar-refractivity contribution in [1.29, 1.82) is 0 Å². The number of rotatable bonds is 10. The molecule has 1 aromatic heterocycles. The van der Waals surface area contributed by atoms with E-state index in [-0.39, 0.29) is 12.0 Å². The Hall–Kier alpha value is -2.30. The zero-order valence-electron chi connectivity index (χ0n) is 19.7. The summed E-state index contributed by atoms with van der Waals surface area (Å²) in [5, 5.41) is 0. The first kappa shape index (κ1) is 24.3. The van der Waals surface area contributed by atoms with Gasteiger partial charge < -0.3 is 4.74 Å². The predicted octanol–water partition coefficient (Wildman–Crippen LogP) is 6.83. The van der Waals surface area contributed by atoms with Gasteiger partial charge in [0.25, 0.3) is 0 Å². The maximum Gasteiger partial charge on any atom is 0.341 e. The van der Waals surface area contributed by atoms with Crippen molar-refractivity contribution in [1.82, 2.24) is 9.97 Å². The molecule has 0 unspecified atom stereocenters. The summed E-state index contributed by atoms with van der Waals surface area (Å²) < 4.78 is 19.5. The van der Waals surface area contributed by atoms with Crippen molar-refractivity contribution in [3.63, 3.8) is 0 Å². The van der Waals surface area contributed by atoms with Gasteiger partial charge in [0.05, 0.1) is 0 Å². The largest absolute Gasteiger partial charge is 0.460 e. The summed E-state index contributed by atoms with van der Waals surface area (Å²) in [4.78, 5) is 21.1. The summed E-state index contributed by atoms with van der Waals surface area (Å²) >= 11 is 0. The minimum absolute atomic E-state index is 0.162. The number of unbranched alkanes of at least 4 members (excludes halogenated alkanes) is 2. The van der Waals surface area contributed by atoms with Crippen molar-refractivity contribution < 1.29 is 13.9 Å². The van der Waals surface area contributed by atoms with Gasteiger partial charge in [0.1, 0.15) is 6.10 Å². The third-order valence-electron chi connectivity index (χ3n) is 6.74. The lowest BCUT2D eigenvalue weighted by Gasteiger charge is -2.29. The molecule has 4 nitrogen and oxygen atoms in total. The quantitative estimate of drug-likeness (QED) is 0.300. The molecule has 0 amide bonds. The maximum atomic E-state index is 14.1. The lowest BCUT2D eigenvalue weighted by Crippen LogP contribution is -2.31. The normalized spacial score (nSPS) is 20.5. The highest BCUT2D eigenvalue weighted by molar-refractivity contribution is 5.75. The minimum atomic E-state index is -1.52. The molecule has 0 saturated heterocycles. The van der Waals surface area contributed by atoms with E-state index in [4.69, 9.17) is 4.74 Å². The van der Waals surface area contributed by atoms with E-state index in [1.165, 1.54) is 30.4 Å². The Balaban J connectivity index is 1.50. The SMILES string of the molecule is CCCCCc1cnc(-c2ccc(C3CCC(OC(=O)[C@@H](F)[C@@H](C)CC)CC3)cc2)nc1. The Morgan fingerprint density at radius 2 is 1.72 bits per heavy atom. The van der Waals surface area contributed by atoms with Crippen molar-refractivity contribution in [2.45, 2.75) is 96.8 Å². The zero-order chi connectivity index (χ0) is 22.9. The fraction of sp³-hybridized carbons (Fsp3) is 0.593. The fourth-order valence-electron chi connectivity index (χ4n) is 4.30. The van der Waals surface area contributed by atoms with Crippen LogP contribution in [0.1, 0.15) is 89.2 Å². The second kappa shape index (κ2) is 12.1.